The number of aromatic nitrogens is 3. The van der Waals surface area contributed by atoms with Crippen LogP contribution in [0.4, 0.5) is 5.82 Å². The first-order valence-corrected chi connectivity index (χ1v) is 7.47. The highest BCUT2D eigenvalue weighted by molar-refractivity contribution is 5.67. The van der Waals surface area contributed by atoms with E-state index in [1.54, 1.807) is 20.4 Å². The summed E-state index contributed by atoms with van der Waals surface area (Å²) in [5, 5.41) is 7.76. The summed E-state index contributed by atoms with van der Waals surface area (Å²) < 4.78 is 12.4. The van der Waals surface area contributed by atoms with E-state index in [0.717, 1.165) is 41.5 Å². The maximum atomic E-state index is 5.33. The van der Waals surface area contributed by atoms with Crippen LogP contribution in [0.15, 0.2) is 36.7 Å². The van der Waals surface area contributed by atoms with Crippen molar-refractivity contribution in [3.05, 3.63) is 47.9 Å². The molecule has 3 aromatic rings. The van der Waals surface area contributed by atoms with Crippen LogP contribution >= 0.6 is 0 Å². The molecule has 23 heavy (non-hydrogen) atoms. The van der Waals surface area contributed by atoms with Crippen LogP contribution in [0.3, 0.4) is 0 Å². The van der Waals surface area contributed by atoms with Gasteiger partial charge in [0.2, 0.25) is 0 Å². The van der Waals surface area contributed by atoms with Gasteiger partial charge in [-0.25, -0.2) is 9.50 Å². The first-order valence-electron chi connectivity index (χ1n) is 7.47. The topological polar surface area (TPSA) is 60.7 Å². The maximum absolute atomic E-state index is 5.33. The molecule has 0 aliphatic rings. The number of nitrogens with zero attached hydrogens (tertiary/aromatic N) is 3. The molecule has 2 aromatic heterocycles. The Labute approximate surface area is 135 Å². The molecule has 120 valence electrons. The number of anilines is 1. The molecule has 0 aliphatic carbocycles. The monoisotopic (exact) mass is 312 g/mol. The molecule has 1 N–H and O–H groups in total. The fourth-order valence-electron chi connectivity index (χ4n) is 2.54. The van der Waals surface area contributed by atoms with Gasteiger partial charge in [-0.05, 0) is 37.1 Å². The molecular weight excluding hydrogens is 292 g/mol. The molecule has 0 aliphatic heterocycles. The molecule has 0 bridgehead atoms. The number of rotatable bonds is 6. The van der Waals surface area contributed by atoms with Crippen molar-refractivity contribution in [2.45, 2.75) is 13.3 Å². The first kappa shape index (κ1) is 15.1. The van der Waals surface area contributed by atoms with Crippen LogP contribution in [-0.2, 0) is 6.42 Å². The summed E-state index contributed by atoms with van der Waals surface area (Å²) in [6, 6.07) is 7.98. The molecule has 0 atom stereocenters. The molecule has 1 aromatic carbocycles. The predicted octanol–water partition coefficient (Wildman–Crippen LogP) is 2.71. The number of methoxy groups -OCH3 is 2. The average Bonchev–Trinajstić information content (AvgIpc) is 2.95. The van der Waals surface area contributed by atoms with E-state index < -0.39 is 0 Å². The van der Waals surface area contributed by atoms with Gasteiger partial charge in [0, 0.05) is 18.9 Å². The van der Waals surface area contributed by atoms with Gasteiger partial charge >= 0.3 is 0 Å². The quantitative estimate of drug-likeness (QED) is 0.758. The zero-order chi connectivity index (χ0) is 16.2. The minimum absolute atomic E-state index is 0.741. The summed E-state index contributed by atoms with van der Waals surface area (Å²) in [5.74, 6) is 2.33. The zero-order valence-electron chi connectivity index (χ0n) is 13.5. The molecule has 6 heteroatoms. The van der Waals surface area contributed by atoms with Crippen molar-refractivity contribution >= 4 is 11.3 Å². The Kier molecular flexibility index (Phi) is 4.32. The van der Waals surface area contributed by atoms with E-state index in [2.05, 4.69) is 15.4 Å². The number of nitrogens with one attached hydrogen (secondary N) is 1. The summed E-state index contributed by atoms with van der Waals surface area (Å²) in [7, 11) is 3.28. The van der Waals surface area contributed by atoms with Crippen molar-refractivity contribution < 1.29 is 9.47 Å². The van der Waals surface area contributed by atoms with Crippen LogP contribution in [0.5, 0.6) is 11.5 Å². The van der Waals surface area contributed by atoms with Crippen molar-refractivity contribution in [3.8, 4) is 11.5 Å². The van der Waals surface area contributed by atoms with Gasteiger partial charge in [-0.2, -0.15) is 5.10 Å². The van der Waals surface area contributed by atoms with Crippen LogP contribution in [0.25, 0.3) is 5.52 Å². The predicted molar refractivity (Wildman–Crippen MR) is 89.5 cm³/mol. The third-order valence-corrected chi connectivity index (χ3v) is 3.67. The van der Waals surface area contributed by atoms with E-state index in [-0.39, 0.29) is 0 Å². The highest BCUT2D eigenvalue weighted by atomic mass is 16.5. The second-order valence-corrected chi connectivity index (χ2v) is 5.26. The third-order valence-electron chi connectivity index (χ3n) is 3.67. The summed E-state index contributed by atoms with van der Waals surface area (Å²) in [5.41, 5.74) is 3.13. The van der Waals surface area contributed by atoms with Gasteiger partial charge in [-0.15, -0.1) is 0 Å². The van der Waals surface area contributed by atoms with Crippen molar-refractivity contribution in [1.82, 2.24) is 14.6 Å². The summed E-state index contributed by atoms with van der Waals surface area (Å²) >= 11 is 0. The van der Waals surface area contributed by atoms with Crippen molar-refractivity contribution in [3.63, 3.8) is 0 Å². The van der Waals surface area contributed by atoms with Crippen LogP contribution in [-0.4, -0.2) is 35.4 Å². The van der Waals surface area contributed by atoms with E-state index in [4.69, 9.17) is 9.47 Å². The second kappa shape index (κ2) is 6.56. The van der Waals surface area contributed by atoms with E-state index in [1.165, 1.54) is 5.56 Å². The number of ether oxygens (including phenoxy) is 2. The van der Waals surface area contributed by atoms with Crippen LogP contribution < -0.4 is 14.8 Å². The van der Waals surface area contributed by atoms with Gasteiger partial charge in [0.05, 0.1) is 19.9 Å². The minimum atomic E-state index is 0.741. The number of benzene rings is 1. The Morgan fingerprint density at radius 2 is 1.96 bits per heavy atom. The average molecular weight is 312 g/mol. The smallest absolute Gasteiger partial charge is 0.160 e. The van der Waals surface area contributed by atoms with Crippen LogP contribution in [0, 0.1) is 6.92 Å². The Hall–Kier alpha value is -2.76. The summed E-state index contributed by atoms with van der Waals surface area (Å²) in [6.45, 7) is 2.74. The van der Waals surface area contributed by atoms with E-state index in [0.29, 0.717) is 0 Å². The van der Waals surface area contributed by atoms with Gasteiger partial charge in [-0.3, -0.25) is 0 Å². The molecule has 0 amide bonds. The maximum Gasteiger partial charge on any atom is 0.160 e. The molecule has 0 saturated heterocycles. The Morgan fingerprint density at radius 1 is 1.13 bits per heavy atom. The van der Waals surface area contributed by atoms with Crippen LogP contribution in [0.2, 0.25) is 0 Å². The molecule has 0 radical (unpaired) electrons. The molecule has 0 spiro atoms. The SMILES string of the molecule is COc1ccc(CCNc2nccn3nc(C)cc23)cc1OC. The van der Waals surface area contributed by atoms with E-state index in [9.17, 15) is 0 Å². The van der Waals surface area contributed by atoms with Crippen LogP contribution in [0.1, 0.15) is 11.3 Å². The Balaban J connectivity index is 1.69. The highest BCUT2D eigenvalue weighted by Gasteiger charge is 2.06. The first-order chi connectivity index (χ1) is 11.2. The second-order valence-electron chi connectivity index (χ2n) is 5.26. The number of fused-ring (bicyclic) bond motifs is 1. The lowest BCUT2D eigenvalue weighted by atomic mass is 10.1. The largest absolute Gasteiger partial charge is 0.493 e. The standard InChI is InChI=1S/C17H20N4O2/c1-12-10-14-17(19-8-9-21(14)20-12)18-7-6-13-4-5-15(22-2)16(11-13)23-3/h4-5,8-11H,6-7H2,1-3H3,(H,18,19). The van der Waals surface area contributed by atoms with Gasteiger partial charge < -0.3 is 14.8 Å². The Morgan fingerprint density at radius 3 is 2.74 bits per heavy atom. The molecule has 2 heterocycles. The van der Waals surface area contributed by atoms with E-state index in [1.807, 2.05) is 41.9 Å². The lowest BCUT2D eigenvalue weighted by molar-refractivity contribution is 0.354. The molecule has 0 saturated carbocycles. The van der Waals surface area contributed by atoms with Gasteiger partial charge in [0.25, 0.3) is 0 Å². The fourth-order valence-corrected chi connectivity index (χ4v) is 2.54. The molecule has 3 rings (SSSR count). The minimum Gasteiger partial charge on any atom is -0.493 e. The number of hydrogen-bond donors (Lipinski definition) is 1. The lowest BCUT2D eigenvalue weighted by Gasteiger charge is -2.10. The summed E-state index contributed by atoms with van der Waals surface area (Å²) in [6.07, 6.45) is 4.45. The number of aryl methyl sites for hydroxylation is 1. The lowest BCUT2D eigenvalue weighted by Crippen LogP contribution is -2.08. The third kappa shape index (κ3) is 3.21. The molecule has 6 nitrogen and oxygen atoms in total. The van der Waals surface area contributed by atoms with Gasteiger partial charge in [-0.1, -0.05) is 6.07 Å². The van der Waals surface area contributed by atoms with Gasteiger partial charge in [0.1, 0.15) is 5.52 Å². The molecule has 0 fully saturated rings. The zero-order valence-corrected chi connectivity index (χ0v) is 13.5. The molecule has 0 unspecified atom stereocenters. The van der Waals surface area contributed by atoms with E-state index >= 15 is 0 Å². The van der Waals surface area contributed by atoms with Crippen molar-refractivity contribution in [2.24, 2.45) is 0 Å². The highest BCUT2D eigenvalue weighted by Crippen LogP contribution is 2.27. The normalized spacial score (nSPS) is 10.7. The summed E-state index contributed by atoms with van der Waals surface area (Å²) in [4.78, 5) is 4.40. The van der Waals surface area contributed by atoms with Crippen molar-refractivity contribution in [2.75, 3.05) is 26.1 Å². The van der Waals surface area contributed by atoms with Crippen molar-refractivity contribution in [1.29, 1.82) is 0 Å². The number of hydrogen-bond acceptors (Lipinski definition) is 5. The van der Waals surface area contributed by atoms with Gasteiger partial charge in [0.15, 0.2) is 17.3 Å². The fraction of sp³-hybridized carbons (Fsp3) is 0.294. The molecular formula is C17H20N4O2. The Bertz CT molecular complexity index is 813.